The minimum atomic E-state index is -0.530. The van der Waals surface area contributed by atoms with Gasteiger partial charge in [-0.15, -0.1) is 0 Å². The molecule has 0 fully saturated rings. The molecule has 0 atom stereocenters. The van der Waals surface area contributed by atoms with Crippen LogP contribution in [0, 0.1) is 0 Å². The number of hydrogen-bond acceptors (Lipinski definition) is 6. The Morgan fingerprint density at radius 1 is 0.794 bits per heavy atom. The van der Waals surface area contributed by atoms with Crippen LogP contribution in [-0.2, 0) is 5.41 Å². The van der Waals surface area contributed by atoms with Crippen LogP contribution in [-0.4, -0.2) is 20.2 Å². The normalized spacial score (nSPS) is 11.3. The van der Waals surface area contributed by atoms with Crippen molar-refractivity contribution in [3.05, 3.63) is 88.3 Å². The van der Waals surface area contributed by atoms with Crippen LogP contribution < -0.4 is 19.8 Å². The lowest BCUT2D eigenvalue weighted by atomic mass is 9.87. The van der Waals surface area contributed by atoms with Gasteiger partial charge < -0.3 is 18.6 Å². The molecule has 0 radical (unpaired) electrons. The zero-order valence-corrected chi connectivity index (χ0v) is 19.8. The summed E-state index contributed by atoms with van der Waals surface area (Å²) in [6.07, 6.45) is 0. The highest BCUT2D eigenvalue weighted by Crippen LogP contribution is 2.33. The average molecular weight is 459 g/mol. The molecular weight excluding hydrogens is 432 g/mol. The first-order valence-corrected chi connectivity index (χ1v) is 10.8. The van der Waals surface area contributed by atoms with Gasteiger partial charge in [0.05, 0.1) is 25.3 Å². The molecule has 0 bridgehead atoms. The second-order valence-electron chi connectivity index (χ2n) is 8.93. The molecule has 6 nitrogen and oxygen atoms in total. The lowest BCUT2D eigenvalue weighted by molar-refractivity contribution is 0.0735. The summed E-state index contributed by atoms with van der Waals surface area (Å²) < 4.78 is 21.7. The Bertz CT molecular complexity index is 1410. The first-order chi connectivity index (χ1) is 16.2. The van der Waals surface area contributed by atoms with Gasteiger partial charge in [0.15, 0.2) is 0 Å². The Balaban J connectivity index is 1.62. The number of fused-ring (bicyclic) bond motifs is 1. The number of carbonyl (C=O) groups is 1. The highest BCUT2D eigenvalue weighted by Gasteiger charge is 2.17. The quantitative estimate of drug-likeness (QED) is 0.208. The molecule has 0 aliphatic heterocycles. The van der Waals surface area contributed by atoms with Crippen molar-refractivity contribution < 1.29 is 23.4 Å². The first-order valence-electron chi connectivity index (χ1n) is 10.8. The highest BCUT2D eigenvalue weighted by atomic mass is 16.5. The van der Waals surface area contributed by atoms with E-state index >= 15 is 0 Å². The number of benzene rings is 3. The van der Waals surface area contributed by atoms with E-state index in [-0.39, 0.29) is 11.2 Å². The molecule has 4 aromatic rings. The lowest BCUT2D eigenvalue weighted by Gasteiger charge is -2.18. The average Bonchev–Trinajstić information content (AvgIpc) is 2.82. The lowest BCUT2D eigenvalue weighted by Crippen LogP contribution is -2.13. The molecule has 4 rings (SSSR count). The summed E-state index contributed by atoms with van der Waals surface area (Å²) in [6, 6.07) is 19.2. The monoisotopic (exact) mass is 458 g/mol. The number of hydrogen-bond donors (Lipinski definition) is 0. The molecule has 0 N–H and O–H groups in total. The minimum Gasteiger partial charge on any atom is -0.497 e. The van der Waals surface area contributed by atoms with Crippen LogP contribution in [0.15, 0.2) is 75.9 Å². The molecule has 0 spiro atoms. The number of rotatable bonds is 5. The van der Waals surface area contributed by atoms with Crippen LogP contribution in [0.25, 0.3) is 22.1 Å². The summed E-state index contributed by atoms with van der Waals surface area (Å²) in [4.78, 5) is 25.4. The predicted octanol–water partition coefficient (Wildman–Crippen LogP) is 5.99. The van der Waals surface area contributed by atoms with Crippen molar-refractivity contribution in [3.8, 4) is 28.4 Å². The van der Waals surface area contributed by atoms with Crippen molar-refractivity contribution >= 4 is 16.9 Å². The molecule has 6 heteroatoms. The number of ether oxygens (including phenoxy) is 3. The number of methoxy groups -OCH3 is 2. The zero-order chi connectivity index (χ0) is 24.5. The van der Waals surface area contributed by atoms with E-state index in [1.807, 2.05) is 12.1 Å². The van der Waals surface area contributed by atoms with Gasteiger partial charge in [-0.3, -0.25) is 0 Å². The Labute approximate surface area is 197 Å². The Morgan fingerprint density at radius 3 is 2.15 bits per heavy atom. The van der Waals surface area contributed by atoms with Crippen LogP contribution in [0.4, 0.5) is 0 Å². The van der Waals surface area contributed by atoms with Crippen LogP contribution in [0.1, 0.15) is 36.7 Å². The third kappa shape index (κ3) is 4.66. The van der Waals surface area contributed by atoms with Crippen molar-refractivity contribution in [3.63, 3.8) is 0 Å². The molecule has 3 aromatic carbocycles. The van der Waals surface area contributed by atoms with Gasteiger partial charge in [-0.05, 0) is 53.4 Å². The molecule has 0 saturated carbocycles. The summed E-state index contributed by atoms with van der Waals surface area (Å²) in [7, 11) is 3.09. The fraction of sp³-hybridized carbons (Fsp3) is 0.214. The first kappa shape index (κ1) is 23.1. The van der Waals surface area contributed by atoms with E-state index in [0.717, 1.165) is 5.56 Å². The predicted molar refractivity (Wildman–Crippen MR) is 131 cm³/mol. The Hall–Kier alpha value is -4.06. The molecule has 1 aromatic heterocycles. The van der Waals surface area contributed by atoms with Crippen molar-refractivity contribution in [2.24, 2.45) is 0 Å². The molecule has 0 amide bonds. The fourth-order valence-corrected chi connectivity index (χ4v) is 3.64. The van der Waals surface area contributed by atoms with Crippen LogP contribution >= 0.6 is 0 Å². The summed E-state index contributed by atoms with van der Waals surface area (Å²) >= 11 is 0. The molecule has 0 unspecified atom stereocenters. The van der Waals surface area contributed by atoms with E-state index in [4.69, 9.17) is 18.6 Å². The van der Waals surface area contributed by atoms with Gasteiger partial charge >= 0.3 is 11.6 Å². The van der Waals surface area contributed by atoms with E-state index in [0.29, 0.717) is 39.2 Å². The van der Waals surface area contributed by atoms with Crippen LogP contribution in [0.5, 0.6) is 17.2 Å². The zero-order valence-electron chi connectivity index (χ0n) is 19.8. The maximum atomic E-state index is 12.8. The molecule has 0 aliphatic carbocycles. The Kier molecular flexibility index (Phi) is 6.16. The Morgan fingerprint density at radius 2 is 1.50 bits per heavy atom. The van der Waals surface area contributed by atoms with E-state index < -0.39 is 11.6 Å². The maximum absolute atomic E-state index is 12.8. The smallest absolute Gasteiger partial charge is 0.344 e. The maximum Gasteiger partial charge on any atom is 0.344 e. The SMILES string of the molecule is COc1ccc(-c2cc3ccc(OC(=O)c4ccc(C(C)(C)C)cc4)cc3oc2=O)c(OC)c1. The van der Waals surface area contributed by atoms with Crippen molar-refractivity contribution in [1.29, 1.82) is 0 Å². The topological polar surface area (TPSA) is 75.0 Å². The number of carbonyl (C=O) groups excluding carboxylic acids is 1. The molecule has 34 heavy (non-hydrogen) atoms. The van der Waals surface area contributed by atoms with E-state index in [9.17, 15) is 9.59 Å². The fourth-order valence-electron chi connectivity index (χ4n) is 3.64. The molecule has 1 heterocycles. The summed E-state index contributed by atoms with van der Waals surface area (Å²) in [5.74, 6) is 0.913. The van der Waals surface area contributed by atoms with Gasteiger partial charge in [0.2, 0.25) is 0 Å². The van der Waals surface area contributed by atoms with E-state index in [1.165, 1.54) is 13.2 Å². The van der Waals surface area contributed by atoms with Crippen LogP contribution in [0.2, 0.25) is 0 Å². The van der Waals surface area contributed by atoms with Gasteiger partial charge in [-0.2, -0.15) is 0 Å². The van der Waals surface area contributed by atoms with Crippen LogP contribution in [0.3, 0.4) is 0 Å². The standard InChI is InChI=1S/C28H26O6/c1-28(2,3)19-9-6-17(7-10-19)26(29)33-21-11-8-18-14-23(27(30)34-24(18)16-21)22-13-12-20(31-4)15-25(22)32-5/h6-16H,1-5H3. The second kappa shape index (κ2) is 9.06. The largest absolute Gasteiger partial charge is 0.497 e. The minimum absolute atomic E-state index is 0.00693. The third-order valence-electron chi connectivity index (χ3n) is 5.60. The van der Waals surface area contributed by atoms with Crippen molar-refractivity contribution in [2.75, 3.05) is 14.2 Å². The van der Waals surface area contributed by atoms with Gasteiger partial charge in [-0.1, -0.05) is 32.9 Å². The molecule has 174 valence electrons. The summed E-state index contributed by atoms with van der Waals surface area (Å²) in [6.45, 7) is 6.33. The van der Waals surface area contributed by atoms with Gasteiger partial charge in [-0.25, -0.2) is 9.59 Å². The molecular formula is C28H26O6. The summed E-state index contributed by atoms with van der Waals surface area (Å²) in [5.41, 5.74) is 2.29. The van der Waals surface area contributed by atoms with Gasteiger partial charge in [0.25, 0.3) is 0 Å². The van der Waals surface area contributed by atoms with E-state index in [1.54, 1.807) is 55.6 Å². The van der Waals surface area contributed by atoms with Crippen molar-refractivity contribution in [2.45, 2.75) is 26.2 Å². The second-order valence-corrected chi connectivity index (χ2v) is 8.93. The molecule has 0 aliphatic rings. The molecule has 0 saturated heterocycles. The number of esters is 1. The van der Waals surface area contributed by atoms with Gasteiger partial charge in [0.1, 0.15) is 22.8 Å². The van der Waals surface area contributed by atoms with Gasteiger partial charge in [0, 0.05) is 23.1 Å². The van der Waals surface area contributed by atoms with Crippen molar-refractivity contribution in [1.82, 2.24) is 0 Å². The summed E-state index contributed by atoms with van der Waals surface area (Å²) in [5, 5.41) is 0.682. The van der Waals surface area contributed by atoms with E-state index in [2.05, 4.69) is 20.8 Å². The third-order valence-corrected chi connectivity index (χ3v) is 5.60. The highest BCUT2D eigenvalue weighted by molar-refractivity contribution is 5.92.